The van der Waals surface area contributed by atoms with Gasteiger partial charge in [0, 0.05) is 8.95 Å². The van der Waals surface area contributed by atoms with E-state index in [2.05, 4.69) is 36.9 Å². The number of ether oxygens (including phenoxy) is 3. The number of hydrogen-bond acceptors (Lipinski definition) is 7. The molecule has 0 saturated carbocycles. The number of benzene rings is 2. The summed E-state index contributed by atoms with van der Waals surface area (Å²) >= 11 is 8.30. The van der Waals surface area contributed by atoms with Crippen LogP contribution in [-0.2, 0) is 9.53 Å². The highest BCUT2D eigenvalue weighted by molar-refractivity contribution is 9.10. The Hall–Kier alpha value is -2.69. The van der Waals surface area contributed by atoms with Gasteiger partial charge in [0.1, 0.15) is 0 Å². The molecule has 2 heterocycles. The predicted molar refractivity (Wildman–Crippen MR) is 142 cm³/mol. The number of carbonyl (C=O) groups excluding carboxylic acids is 1. The Bertz CT molecular complexity index is 1510. The fraction of sp³-hybridized carbons (Fsp3) is 0.240. The second kappa shape index (κ2) is 10.5. The van der Waals surface area contributed by atoms with Gasteiger partial charge < -0.3 is 14.2 Å². The van der Waals surface area contributed by atoms with Gasteiger partial charge in [-0.2, -0.15) is 0 Å². The average molecular weight is 622 g/mol. The van der Waals surface area contributed by atoms with Crippen LogP contribution in [-0.4, -0.2) is 31.4 Å². The third-order valence-corrected chi connectivity index (χ3v) is 7.68. The molecule has 0 unspecified atom stereocenters. The van der Waals surface area contributed by atoms with E-state index >= 15 is 0 Å². The first-order chi connectivity index (χ1) is 16.8. The van der Waals surface area contributed by atoms with Gasteiger partial charge in [0.05, 0.1) is 42.7 Å². The number of thiazole rings is 1. The van der Waals surface area contributed by atoms with Crippen molar-refractivity contribution in [2.75, 3.05) is 20.8 Å². The van der Waals surface area contributed by atoms with Crippen molar-refractivity contribution in [3.8, 4) is 11.5 Å². The zero-order valence-electron chi connectivity index (χ0n) is 19.4. The molecular formula is C25H22Br2N2O5S. The van der Waals surface area contributed by atoms with Crippen LogP contribution in [0.5, 0.6) is 11.5 Å². The summed E-state index contributed by atoms with van der Waals surface area (Å²) in [5, 5.41) is 0. The summed E-state index contributed by atoms with van der Waals surface area (Å²) in [7, 11) is 3.08. The van der Waals surface area contributed by atoms with Gasteiger partial charge in [-0.3, -0.25) is 9.36 Å². The van der Waals surface area contributed by atoms with Crippen LogP contribution in [0, 0.1) is 0 Å². The molecule has 1 aromatic heterocycles. The Morgan fingerprint density at radius 2 is 1.80 bits per heavy atom. The Morgan fingerprint density at radius 3 is 2.43 bits per heavy atom. The summed E-state index contributed by atoms with van der Waals surface area (Å²) in [5.41, 5.74) is 2.06. The molecule has 3 aromatic rings. The van der Waals surface area contributed by atoms with E-state index < -0.39 is 12.0 Å². The molecule has 0 saturated heterocycles. The van der Waals surface area contributed by atoms with Crippen molar-refractivity contribution in [3.05, 3.63) is 87.4 Å². The molecule has 0 amide bonds. The molecule has 0 fully saturated rings. The molecule has 0 aliphatic carbocycles. The van der Waals surface area contributed by atoms with Gasteiger partial charge in [0.2, 0.25) is 0 Å². The highest BCUT2D eigenvalue weighted by Gasteiger charge is 2.35. The summed E-state index contributed by atoms with van der Waals surface area (Å²) in [6.45, 7) is 3.69. The topological polar surface area (TPSA) is 79.1 Å². The Morgan fingerprint density at radius 1 is 1.14 bits per heavy atom. The third kappa shape index (κ3) is 4.87. The zero-order chi connectivity index (χ0) is 25.3. The van der Waals surface area contributed by atoms with Crippen LogP contribution < -0.4 is 24.4 Å². The number of nitrogens with zero attached hydrogens (tertiary/aromatic N) is 2. The van der Waals surface area contributed by atoms with Gasteiger partial charge in [-0.05, 0) is 55.3 Å². The van der Waals surface area contributed by atoms with Crippen molar-refractivity contribution >= 4 is 55.2 Å². The monoisotopic (exact) mass is 620 g/mol. The second-order valence-electron chi connectivity index (χ2n) is 7.58. The maximum Gasteiger partial charge on any atom is 0.338 e. The van der Waals surface area contributed by atoms with Crippen molar-refractivity contribution in [2.45, 2.75) is 19.9 Å². The van der Waals surface area contributed by atoms with Crippen LogP contribution in [0.25, 0.3) is 6.08 Å². The lowest BCUT2D eigenvalue weighted by molar-refractivity contribution is -0.139. The van der Waals surface area contributed by atoms with E-state index in [9.17, 15) is 9.59 Å². The standard InChI is InChI=1S/C25H22Br2N2O5S/c1-5-34-24(31)21-13(2)28-25-29(22(21)16-11-18(32-3)19(33-4)12-17(16)27)23(30)20(35-25)10-14-6-8-15(26)9-7-14/h6-12,22H,5H2,1-4H3/b20-10-/t22-/m1/s1. The molecule has 2 aromatic carbocycles. The van der Waals surface area contributed by atoms with Gasteiger partial charge >= 0.3 is 5.97 Å². The zero-order valence-corrected chi connectivity index (χ0v) is 23.4. The molecule has 1 aliphatic rings. The van der Waals surface area contributed by atoms with Crippen molar-refractivity contribution < 1.29 is 19.0 Å². The quantitative estimate of drug-likeness (QED) is 0.383. The third-order valence-electron chi connectivity index (χ3n) is 5.48. The Balaban J connectivity index is 2.01. The molecule has 0 N–H and O–H groups in total. The molecule has 4 rings (SSSR count). The molecule has 35 heavy (non-hydrogen) atoms. The number of methoxy groups -OCH3 is 2. The fourth-order valence-corrected chi connectivity index (χ4v) is 5.73. The first kappa shape index (κ1) is 25.4. The smallest absolute Gasteiger partial charge is 0.338 e. The lowest BCUT2D eigenvalue weighted by Gasteiger charge is -2.26. The normalized spacial score (nSPS) is 15.5. The largest absolute Gasteiger partial charge is 0.493 e. The number of halogens is 2. The minimum absolute atomic E-state index is 0.198. The first-order valence-corrected chi connectivity index (χ1v) is 13.1. The summed E-state index contributed by atoms with van der Waals surface area (Å²) < 4.78 is 19.9. The first-order valence-electron chi connectivity index (χ1n) is 10.7. The SMILES string of the molecule is CCOC(=O)C1=C(C)N=c2s/c(=C\c3ccc(Br)cc3)c(=O)n2[C@@H]1c1cc(OC)c(OC)cc1Br. The van der Waals surface area contributed by atoms with Crippen LogP contribution in [0.1, 0.15) is 31.0 Å². The molecule has 0 radical (unpaired) electrons. The van der Waals surface area contributed by atoms with Crippen LogP contribution in [0.4, 0.5) is 0 Å². The maximum atomic E-state index is 13.7. The van der Waals surface area contributed by atoms with Gasteiger partial charge in [-0.1, -0.05) is 55.3 Å². The molecule has 0 bridgehead atoms. The summed E-state index contributed by atoms with van der Waals surface area (Å²) in [6.07, 6.45) is 1.82. The molecule has 1 atom stereocenters. The molecule has 10 heteroatoms. The lowest BCUT2D eigenvalue weighted by atomic mass is 9.95. The minimum atomic E-state index is -0.772. The van der Waals surface area contributed by atoms with E-state index in [1.165, 1.54) is 18.4 Å². The predicted octanol–water partition coefficient (Wildman–Crippen LogP) is 4.34. The number of allylic oxidation sites excluding steroid dienone is 1. The number of aromatic nitrogens is 1. The fourth-order valence-electron chi connectivity index (χ4n) is 3.88. The van der Waals surface area contributed by atoms with Gasteiger partial charge in [-0.15, -0.1) is 0 Å². The van der Waals surface area contributed by atoms with Gasteiger partial charge in [0.15, 0.2) is 16.3 Å². The summed E-state index contributed by atoms with van der Waals surface area (Å²) in [5.74, 6) is 0.465. The van der Waals surface area contributed by atoms with E-state index in [0.717, 1.165) is 10.0 Å². The van der Waals surface area contributed by atoms with E-state index in [-0.39, 0.29) is 12.2 Å². The van der Waals surface area contributed by atoms with Crippen molar-refractivity contribution in [2.24, 2.45) is 4.99 Å². The average Bonchev–Trinajstić information content (AvgIpc) is 3.14. The number of esters is 1. The highest BCUT2D eigenvalue weighted by atomic mass is 79.9. The summed E-state index contributed by atoms with van der Waals surface area (Å²) in [4.78, 5) is 31.9. The molecular weight excluding hydrogens is 600 g/mol. The number of carbonyl (C=O) groups is 1. The lowest BCUT2D eigenvalue weighted by Crippen LogP contribution is -2.40. The number of fused-ring (bicyclic) bond motifs is 1. The van der Waals surface area contributed by atoms with Crippen LogP contribution >= 0.6 is 43.2 Å². The molecule has 182 valence electrons. The van der Waals surface area contributed by atoms with Crippen LogP contribution in [0.3, 0.4) is 0 Å². The minimum Gasteiger partial charge on any atom is -0.493 e. The van der Waals surface area contributed by atoms with E-state index in [1.54, 1.807) is 37.7 Å². The number of rotatable bonds is 6. The van der Waals surface area contributed by atoms with E-state index in [1.807, 2.05) is 30.3 Å². The molecule has 0 spiro atoms. The highest BCUT2D eigenvalue weighted by Crippen LogP contribution is 2.40. The maximum absolute atomic E-state index is 13.7. The molecule has 1 aliphatic heterocycles. The Labute approximate surface area is 222 Å². The van der Waals surface area contributed by atoms with Crippen LogP contribution in [0.15, 0.2) is 66.4 Å². The Kier molecular flexibility index (Phi) is 7.63. The van der Waals surface area contributed by atoms with E-state index in [4.69, 9.17) is 14.2 Å². The van der Waals surface area contributed by atoms with Crippen molar-refractivity contribution in [3.63, 3.8) is 0 Å². The van der Waals surface area contributed by atoms with E-state index in [0.29, 0.717) is 42.1 Å². The van der Waals surface area contributed by atoms with Gasteiger partial charge in [-0.25, -0.2) is 9.79 Å². The van der Waals surface area contributed by atoms with Gasteiger partial charge in [0.25, 0.3) is 5.56 Å². The molecule has 7 nitrogen and oxygen atoms in total. The second-order valence-corrected chi connectivity index (χ2v) is 10.4. The van der Waals surface area contributed by atoms with Crippen molar-refractivity contribution in [1.82, 2.24) is 4.57 Å². The van der Waals surface area contributed by atoms with Crippen LogP contribution in [0.2, 0.25) is 0 Å². The summed E-state index contributed by atoms with van der Waals surface area (Å²) in [6, 6.07) is 10.4. The number of hydrogen-bond donors (Lipinski definition) is 0. The van der Waals surface area contributed by atoms with Crippen molar-refractivity contribution in [1.29, 1.82) is 0 Å².